The van der Waals surface area contributed by atoms with Crippen LogP contribution in [0.25, 0.3) is 0 Å². The molecule has 110 valence electrons. The molecule has 1 aliphatic rings. The number of aryl methyl sites for hydroxylation is 1. The lowest BCUT2D eigenvalue weighted by atomic mass is 10.1. The van der Waals surface area contributed by atoms with E-state index in [0.29, 0.717) is 5.13 Å². The third-order valence-corrected chi connectivity index (χ3v) is 6.25. The standard InChI is InChI=1S/C14H15N3OS3/c1-3-19-14-17-16-13(21-14)15-12(18)11-7-9-5-4-8(2)6-10(9)20-11/h4-6,11H,3,7H2,1-2H3,(H,15,16,18)/t11-/m1/s1. The molecule has 21 heavy (non-hydrogen) atoms. The molecule has 0 saturated carbocycles. The minimum absolute atomic E-state index is 0.0121. The van der Waals surface area contributed by atoms with Crippen molar-refractivity contribution in [3.05, 3.63) is 29.3 Å². The zero-order chi connectivity index (χ0) is 14.8. The molecule has 2 aromatic rings. The molecule has 0 bridgehead atoms. The van der Waals surface area contributed by atoms with Crippen molar-refractivity contribution in [3.8, 4) is 0 Å². The largest absolute Gasteiger partial charge is 0.300 e. The zero-order valence-electron chi connectivity index (χ0n) is 11.8. The monoisotopic (exact) mass is 337 g/mol. The molecule has 1 aromatic carbocycles. The quantitative estimate of drug-likeness (QED) is 0.682. The lowest BCUT2D eigenvalue weighted by molar-refractivity contribution is -0.115. The van der Waals surface area contributed by atoms with E-state index in [-0.39, 0.29) is 11.2 Å². The summed E-state index contributed by atoms with van der Waals surface area (Å²) in [6.45, 7) is 4.14. The molecule has 0 aliphatic carbocycles. The number of fused-ring (bicyclic) bond motifs is 1. The maximum atomic E-state index is 12.3. The molecule has 0 spiro atoms. The molecule has 4 nitrogen and oxygen atoms in total. The van der Waals surface area contributed by atoms with Gasteiger partial charge in [-0.05, 0) is 30.7 Å². The third kappa shape index (κ3) is 3.41. The number of hydrogen-bond donors (Lipinski definition) is 1. The van der Waals surface area contributed by atoms with E-state index in [0.717, 1.165) is 16.5 Å². The first kappa shape index (κ1) is 14.9. The van der Waals surface area contributed by atoms with Crippen LogP contribution in [0.2, 0.25) is 0 Å². The van der Waals surface area contributed by atoms with Crippen LogP contribution in [-0.4, -0.2) is 27.1 Å². The molecular weight excluding hydrogens is 322 g/mol. The number of thioether (sulfide) groups is 2. The van der Waals surface area contributed by atoms with Gasteiger partial charge in [-0.15, -0.1) is 22.0 Å². The van der Waals surface area contributed by atoms with E-state index in [1.807, 2.05) is 0 Å². The highest BCUT2D eigenvalue weighted by Gasteiger charge is 2.28. The van der Waals surface area contributed by atoms with Crippen molar-refractivity contribution >= 4 is 45.9 Å². The minimum atomic E-state index is -0.0759. The summed E-state index contributed by atoms with van der Waals surface area (Å²) >= 11 is 4.70. The van der Waals surface area contributed by atoms with Gasteiger partial charge in [0.15, 0.2) is 4.34 Å². The van der Waals surface area contributed by atoms with Gasteiger partial charge < -0.3 is 0 Å². The molecule has 0 unspecified atom stereocenters. The van der Waals surface area contributed by atoms with Gasteiger partial charge in [0.25, 0.3) is 0 Å². The molecule has 1 aromatic heterocycles. The second-order valence-electron chi connectivity index (χ2n) is 4.72. The van der Waals surface area contributed by atoms with Crippen molar-refractivity contribution in [2.75, 3.05) is 11.1 Å². The SMILES string of the molecule is CCSc1nnc(NC(=O)[C@H]2Cc3ccc(C)cc3S2)s1. The average molecular weight is 337 g/mol. The minimum Gasteiger partial charge on any atom is -0.300 e. The van der Waals surface area contributed by atoms with Crippen LogP contribution in [0.4, 0.5) is 5.13 Å². The summed E-state index contributed by atoms with van der Waals surface area (Å²) in [5.41, 5.74) is 2.48. The summed E-state index contributed by atoms with van der Waals surface area (Å²) in [5, 5.41) is 11.5. The zero-order valence-corrected chi connectivity index (χ0v) is 14.2. The Balaban J connectivity index is 1.64. The van der Waals surface area contributed by atoms with Crippen LogP contribution in [-0.2, 0) is 11.2 Å². The number of hydrogen-bond acceptors (Lipinski definition) is 6. The van der Waals surface area contributed by atoms with E-state index in [2.05, 4.69) is 47.6 Å². The molecule has 1 amide bonds. The van der Waals surface area contributed by atoms with Crippen LogP contribution in [0.1, 0.15) is 18.1 Å². The van der Waals surface area contributed by atoms with Crippen LogP contribution >= 0.6 is 34.9 Å². The molecule has 3 rings (SSSR count). The van der Waals surface area contributed by atoms with Crippen molar-refractivity contribution < 1.29 is 4.79 Å². The number of anilines is 1. The van der Waals surface area contributed by atoms with E-state index in [4.69, 9.17) is 0 Å². The Morgan fingerprint density at radius 3 is 3.14 bits per heavy atom. The number of carbonyl (C=O) groups excluding carboxylic acids is 1. The van der Waals surface area contributed by atoms with Crippen molar-refractivity contribution in [1.82, 2.24) is 10.2 Å². The van der Waals surface area contributed by atoms with E-state index >= 15 is 0 Å². The van der Waals surface area contributed by atoms with Gasteiger partial charge >= 0.3 is 0 Å². The summed E-state index contributed by atoms with van der Waals surface area (Å²) < 4.78 is 0.894. The Labute approximate surface area is 136 Å². The second kappa shape index (κ2) is 6.37. The van der Waals surface area contributed by atoms with Gasteiger partial charge in [-0.3, -0.25) is 10.1 Å². The lowest BCUT2D eigenvalue weighted by Crippen LogP contribution is -2.24. The maximum absolute atomic E-state index is 12.3. The molecule has 0 fully saturated rings. The van der Waals surface area contributed by atoms with Crippen LogP contribution in [0.3, 0.4) is 0 Å². The fourth-order valence-electron chi connectivity index (χ4n) is 2.11. The molecule has 7 heteroatoms. The highest BCUT2D eigenvalue weighted by molar-refractivity contribution is 8.01. The van der Waals surface area contributed by atoms with Crippen LogP contribution < -0.4 is 5.32 Å². The maximum Gasteiger partial charge on any atom is 0.240 e. The first-order chi connectivity index (χ1) is 10.2. The Bertz CT molecular complexity index is 671. The molecule has 0 saturated heterocycles. The molecule has 1 atom stereocenters. The van der Waals surface area contributed by atoms with Gasteiger partial charge in [0.2, 0.25) is 11.0 Å². The summed E-state index contributed by atoms with van der Waals surface area (Å²) in [6.07, 6.45) is 0.779. The van der Waals surface area contributed by atoms with Gasteiger partial charge in [0.1, 0.15) is 0 Å². The van der Waals surface area contributed by atoms with Gasteiger partial charge in [-0.25, -0.2) is 0 Å². The van der Waals surface area contributed by atoms with E-state index in [9.17, 15) is 4.79 Å². The van der Waals surface area contributed by atoms with Gasteiger partial charge in [0, 0.05) is 4.90 Å². The van der Waals surface area contributed by atoms with Crippen LogP contribution in [0.15, 0.2) is 27.4 Å². The Morgan fingerprint density at radius 1 is 1.48 bits per heavy atom. The van der Waals surface area contributed by atoms with Crippen molar-refractivity contribution in [2.45, 2.75) is 34.8 Å². The number of nitrogens with one attached hydrogen (secondary N) is 1. The molecule has 2 heterocycles. The predicted molar refractivity (Wildman–Crippen MR) is 89.5 cm³/mol. The van der Waals surface area contributed by atoms with Gasteiger partial charge in [0.05, 0.1) is 5.25 Å². The molecule has 1 N–H and O–H groups in total. The normalized spacial score (nSPS) is 16.8. The average Bonchev–Trinajstić information content (AvgIpc) is 3.05. The van der Waals surface area contributed by atoms with Gasteiger partial charge in [-0.2, -0.15) is 0 Å². The Morgan fingerprint density at radius 2 is 2.33 bits per heavy atom. The highest BCUT2D eigenvalue weighted by atomic mass is 32.2. The van der Waals surface area contributed by atoms with Crippen molar-refractivity contribution in [2.24, 2.45) is 0 Å². The first-order valence-corrected chi connectivity index (χ1v) is 9.37. The van der Waals surface area contributed by atoms with E-state index < -0.39 is 0 Å². The predicted octanol–water partition coefficient (Wildman–Crippen LogP) is 3.61. The molecule has 1 aliphatic heterocycles. The lowest BCUT2D eigenvalue weighted by Gasteiger charge is -2.06. The number of benzene rings is 1. The fourth-order valence-corrected chi connectivity index (χ4v) is 5.05. The third-order valence-electron chi connectivity index (χ3n) is 3.09. The number of carbonyl (C=O) groups is 1. The van der Waals surface area contributed by atoms with Crippen LogP contribution in [0.5, 0.6) is 0 Å². The molecular formula is C14H15N3OS3. The number of aromatic nitrogens is 2. The first-order valence-electron chi connectivity index (χ1n) is 6.69. The fraction of sp³-hybridized carbons (Fsp3) is 0.357. The summed E-state index contributed by atoms with van der Waals surface area (Å²) in [7, 11) is 0. The number of nitrogens with zero attached hydrogens (tertiary/aromatic N) is 2. The van der Waals surface area contributed by atoms with Crippen molar-refractivity contribution in [1.29, 1.82) is 0 Å². The number of amides is 1. The highest BCUT2D eigenvalue weighted by Crippen LogP contribution is 2.38. The summed E-state index contributed by atoms with van der Waals surface area (Å²) in [4.78, 5) is 13.6. The smallest absolute Gasteiger partial charge is 0.240 e. The Hall–Kier alpha value is -1.05. The second-order valence-corrected chi connectivity index (χ2v) is 8.45. The van der Waals surface area contributed by atoms with Crippen molar-refractivity contribution in [3.63, 3.8) is 0 Å². The summed E-state index contributed by atoms with van der Waals surface area (Å²) in [5.74, 6) is 0.966. The topological polar surface area (TPSA) is 54.9 Å². The van der Waals surface area contributed by atoms with Crippen LogP contribution in [0, 0.1) is 6.92 Å². The molecule has 0 radical (unpaired) electrons. The number of rotatable bonds is 4. The summed E-state index contributed by atoms with van der Waals surface area (Å²) in [6, 6.07) is 6.36. The van der Waals surface area contributed by atoms with E-state index in [1.54, 1.807) is 23.5 Å². The Kier molecular flexibility index (Phi) is 4.51. The van der Waals surface area contributed by atoms with Gasteiger partial charge in [-0.1, -0.05) is 47.7 Å². The van der Waals surface area contributed by atoms with E-state index in [1.165, 1.54) is 27.4 Å².